The van der Waals surface area contributed by atoms with Crippen LogP contribution in [0.2, 0.25) is 0 Å². The first-order valence-corrected chi connectivity index (χ1v) is 6.43. The van der Waals surface area contributed by atoms with Crippen molar-refractivity contribution in [3.8, 4) is 5.75 Å². The van der Waals surface area contributed by atoms with Gasteiger partial charge in [0.25, 0.3) is 0 Å². The van der Waals surface area contributed by atoms with Crippen molar-refractivity contribution in [2.45, 2.75) is 37.8 Å². The number of nitrogen functional groups attached to an aromatic ring is 1. The fourth-order valence-electron chi connectivity index (χ4n) is 2.48. The number of ether oxygens (including phenoxy) is 1. The zero-order chi connectivity index (χ0) is 11.7. The van der Waals surface area contributed by atoms with Crippen LogP contribution in [-0.4, -0.2) is 35.1 Å². The summed E-state index contributed by atoms with van der Waals surface area (Å²) in [6.07, 6.45) is 8.69. The molecule has 3 rings (SSSR count). The summed E-state index contributed by atoms with van der Waals surface area (Å²) in [6, 6.07) is 2.73. The molecule has 1 aliphatic carbocycles. The quantitative estimate of drug-likeness (QED) is 0.862. The predicted molar refractivity (Wildman–Crippen MR) is 66.9 cm³/mol. The molecule has 1 saturated heterocycles. The Hall–Kier alpha value is -1.29. The summed E-state index contributed by atoms with van der Waals surface area (Å²) in [5.41, 5.74) is 6.46. The molecule has 0 aromatic carbocycles. The molecule has 0 bridgehead atoms. The van der Waals surface area contributed by atoms with Crippen molar-refractivity contribution in [1.29, 1.82) is 0 Å². The second-order valence-electron chi connectivity index (χ2n) is 5.00. The smallest absolute Gasteiger partial charge is 0.145 e. The fraction of sp³-hybridized carbons (Fsp3) is 0.615. The minimum Gasteiger partial charge on any atom is -0.488 e. The van der Waals surface area contributed by atoms with Crippen LogP contribution >= 0.6 is 0 Å². The zero-order valence-corrected chi connectivity index (χ0v) is 10.0. The number of rotatable bonds is 3. The maximum Gasteiger partial charge on any atom is 0.145 e. The van der Waals surface area contributed by atoms with Crippen LogP contribution in [0.15, 0.2) is 18.5 Å². The van der Waals surface area contributed by atoms with Crippen LogP contribution in [0.1, 0.15) is 25.7 Å². The number of aromatic nitrogens is 1. The number of nitrogens with two attached hydrogens (primary N) is 1. The van der Waals surface area contributed by atoms with Crippen molar-refractivity contribution in [1.82, 2.24) is 9.88 Å². The van der Waals surface area contributed by atoms with Crippen molar-refractivity contribution in [2.24, 2.45) is 0 Å². The lowest BCUT2D eigenvalue weighted by molar-refractivity contribution is 0.0970. The molecule has 1 aliphatic heterocycles. The highest BCUT2D eigenvalue weighted by atomic mass is 16.5. The van der Waals surface area contributed by atoms with E-state index in [0.29, 0.717) is 11.8 Å². The first-order valence-electron chi connectivity index (χ1n) is 6.43. The van der Waals surface area contributed by atoms with Crippen molar-refractivity contribution in [3.63, 3.8) is 0 Å². The highest BCUT2D eigenvalue weighted by molar-refractivity contribution is 5.49. The van der Waals surface area contributed by atoms with E-state index in [0.717, 1.165) is 24.6 Å². The first-order chi connectivity index (χ1) is 8.33. The molecule has 0 amide bonds. The van der Waals surface area contributed by atoms with E-state index in [1.807, 2.05) is 6.07 Å². The van der Waals surface area contributed by atoms with Crippen molar-refractivity contribution in [3.05, 3.63) is 18.5 Å². The molecule has 1 saturated carbocycles. The van der Waals surface area contributed by atoms with E-state index in [-0.39, 0.29) is 0 Å². The molecule has 2 aliphatic rings. The first kappa shape index (κ1) is 10.8. The molecule has 4 heteroatoms. The maximum atomic E-state index is 5.94. The van der Waals surface area contributed by atoms with Gasteiger partial charge < -0.3 is 15.4 Å². The van der Waals surface area contributed by atoms with Crippen molar-refractivity contribution >= 4 is 5.69 Å². The van der Waals surface area contributed by atoms with Gasteiger partial charge in [0, 0.05) is 31.4 Å². The lowest BCUT2D eigenvalue weighted by Gasteiger charge is -2.32. The normalized spacial score (nSPS) is 22.6. The summed E-state index contributed by atoms with van der Waals surface area (Å²) in [7, 11) is 0. The molecule has 0 radical (unpaired) electrons. The lowest BCUT2D eigenvalue weighted by atomic mass is 10.1. The van der Waals surface area contributed by atoms with Crippen LogP contribution in [0.5, 0.6) is 5.75 Å². The Morgan fingerprint density at radius 3 is 2.65 bits per heavy atom. The van der Waals surface area contributed by atoms with Gasteiger partial charge in [0.2, 0.25) is 0 Å². The summed E-state index contributed by atoms with van der Waals surface area (Å²) >= 11 is 0. The van der Waals surface area contributed by atoms with Gasteiger partial charge in [0.1, 0.15) is 11.9 Å². The molecule has 0 spiro atoms. The van der Waals surface area contributed by atoms with E-state index < -0.39 is 0 Å². The number of hydrogen-bond acceptors (Lipinski definition) is 4. The number of piperidine rings is 1. The molecular weight excluding hydrogens is 214 g/mol. The van der Waals surface area contributed by atoms with Crippen LogP contribution in [0.25, 0.3) is 0 Å². The van der Waals surface area contributed by atoms with E-state index in [1.54, 1.807) is 12.4 Å². The van der Waals surface area contributed by atoms with Gasteiger partial charge in [-0.1, -0.05) is 0 Å². The number of pyridine rings is 1. The predicted octanol–water partition coefficient (Wildman–Crippen LogP) is 1.67. The standard InChI is InChI=1S/C13H19N3O/c14-12-9-15-6-3-13(12)17-11-4-7-16(8-5-11)10-1-2-10/h3,6,9-11H,1-2,4-5,7-8,14H2. The van der Waals surface area contributed by atoms with Gasteiger partial charge in [-0.05, 0) is 25.7 Å². The second kappa shape index (κ2) is 4.53. The zero-order valence-electron chi connectivity index (χ0n) is 10.0. The largest absolute Gasteiger partial charge is 0.488 e. The average molecular weight is 233 g/mol. The van der Waals surface area contributed by atoms with E-state index in [4.69, 9.17) is 10.5 Å². The number of likely N-dealkylation sites (tertiary alicyclic amines) is 1. The van der Waals surface area contributed by atoms with Crippen molar-refractivity contribution < 1.29 is 4.74 Å². The number of anilines is 1. The Morgan fingerprint density at radius 2 is 2.00 bits per heavy atom. The van der Waals surface area contributed by atoms with Crippen LogP contribution in [0.4, 0.5) is 5.69 Å². The van der Waals surface area contributed by atoms with Crippen LogP contribution in [-0.2, 0) is 0 Å². The van der Waals surface area contributed by atoms with Gasteiger partial charge in [0.05, 0.1) is 11.9 Å². The minimum absolute atomic E-state index is 0.315. The topological polar surface area (TPSA) is 51.4 Å². The summed E-state index contributed by atoms with van der Waals surface area (Å²) in [5.74, 6) is 0.782. The third-order valence-corrected chi connectivity index (χ3v) is 3.64. The Balaban J connectivity index is 1.55. The minimum atomic E-state index is 0.315. The van der Waals surface area contributed by atoms with Gasteiger partial charge in [-0.3, -0.25) is 4.98 Å². The highest BCUT2D eigenvalue weighted by Crippen LogP contribution is 2.30. The third kappa shape index (κ3) is 2.52. The molecule has 2 N–H and O–H groups in total. The summed E-state index contributed by atoms with van der Waals surface area (Å²) in [4.78, 5) is 6.56. The molecule has 92 valence electrons. The molecule has 2 fully saturated rings. The van der Waals surface area contributed by atoms with Gasteiger partial charge in [-0.2, -0.15) is 0 Å². The molecule has 4 nitrogen and oxygen atoms in total. The SMILES string of the molecule is Nc1cnccc1OC1CCN(C2CC2)CC1. The Kier molecular flexibility index (Phi) is 2.89. The highest BCUT2D eigenvalue weighted by Gasteiger charge is 2.32. The van der Waals surface area contributed by atoms with Crippen LogP contribution < -0.4 is 10.5 Å². The third-order valence-electron chi connectivity index (χ3n) is 3.64. The Morgan fingerprint density at radius 1 is 1.24 bits per heavy atom. The van der Waals surface area contributed by atoms with E-state index >= 15 is 0 Å². The molecule has 1 aromatic rings. The van der Waals surface area contributed by atoms with Gasteiger partial charge in [0.15, 0.2) is 0 Å². The fourth-order valence-corrected chi connectivity index (χ4v) is 2.48. The molecule has 0 unspecified atom stereocenters. The molecule has 17 heavy (non-hydrogen) atoms. The van der Waals surface area contributed by atoms with E-state index in [1.165, 1.54) is 25.9 Å². The van der Waals surface area contributed by atoms with Gasteiger partial charge in [-0.15, -0.1) is 0 Å². The second-order valence-corrected chi connectivity index (χ2v) is 5.00. The molecule has 2 heterocycles. The molecule has 0 atom stereocenters. The number of nitrogens with zero attached hydrogens (tertiary/aromatic N) is 2. The average Bonchev–Trinajstić information content (AvgIpc) is 3.17. The van der Waals surface area contributed by atoms with Gasteiger partial charge >= 0.3 is 0 Å². The van der Waals surface area contributed by atoms with Crippen molar-refractivity contribution in [2.75, 3.05) is 18.8 Å². The van der Waals surface area contributed by atoms with E-state index in [9.17, 15) is 0 Å². The van der Waals surface area contributed by atoms with Gasteiger partial charge in [-0.25, -0.2) is 0 Å². The summed E-state index contributed by atoms with van der Waals surface area (Å²) in [6.45, 7) is 2.33. The summed E-state index contributed by atoms with van der Waals surface area (Å²) in [5, 5.41) is 0. The Labute approximate surface area is 102 Å². The number of hydrogen-bond donors (Lipinski definition) is 1. The molecular formula is C13H19N3O. The van der Waals surface area contributed by atoms with Crippen LogP contribution in [0.3, 0.4) is 0 Å². The van der Waals surface area contributed by atoms with Crippen LogP contribution in [0, 0.1) is 0 Å². The monoisotopic (exact) mass is 233 g/mol. The summed E-state index contributed by atoms with van der Waals surface area (Å²) < 4.78 is 5.94. The van der Waals surface area contributed by atoms with E-state index in [2.05, 4.69) is 9.88 Å². The molecule has 1 aromatic heterocycles. The maximum absolute atomic E-state index is 5.94. The Bertz CT molecular complexity index is 384. The lowest BCUT2D eigenvalue weighted by Crippen LogP contribution is -2.39.